The minimum atomic E-state index is 0.240. The van der Waals surface area contributed by atoms with Crippen molar-refractivity contribution in [2.45, 2.75) is 70.4 Å². The van der Waals surface area contributed by atoms with Gasteiger partial charge in [-0.2, -0.15) is 0 Å². The summed E-state index contributed by atoms with van der Waals surface area (Å²) in [6.45, 7) is 9.00. The van der Waals surface area contributed by atoms with Gasteiger partial charge in [0.25, 0.3) is 0 Å². The highest BCUT2D eigenvalue weighted by Gasteiger charge is 2.42. The second kappa shape index (κ2) is 7.74. The summed E-state index contributed by atoms with van der Waals surface area (Å²) in [6.07, 6.45) is 8.64. The highest BCUT2D eigenvalue weighted by Crippen LogP contribution is 2.35. The summed E-state index contributed by atoms with van der Waals surface area (Å²) in [5, 5.41) is 0. The first-order valence-electron chi connectivity index (χ1n) is 8.55. The van der Waals surface area contributed by atoms with Crippen LogP contribution in [0.3, 0.4) is 0 Å². The van der Waals surface area contributed by atoms with Crippen LogP contribution in [-0.2, 0) is 4.74 Å². The Balaban J connectivity index is 2.06. The molecule has 2 heterocycles. The Kier molecular flexibility index (Phi) is 6.27. The van der Waals surface area contributed by atoms with Gasteiger partial charge < -0.3 is 4.74 Å². The molecule has 3 N–H and O–H groups in total. The Morgan fingerprint density at radius 3 is 2.30 bits per heavy atom. The van der Waals surface area contributed by atoms with Gasteiger partial charge in [-0.3, -0.25) is 16.2 Å². The zero-order valence-corrected chi connectivity index (χ0v) is 13.4. The molecule has 0 spiro atoms. The largest absolute Gasteiger partial charge is 0.381 e. The average Bonchev–Trinajstić information content (AvgIpc) is 3.03. The van der Waals surface area contributed by atoms with E-state index < -0.39 is 0 Å². The predicted molar refractivity (Wildman–Crippen MR) is 83.4 cm³/mol. The van der Waals surface area contributed by atoms with Gasteiger partial charge in [0.05, 0.1) is 0 Å². The monoisotopic (exact) mass is 283 g/mol. The van der Waals surface area contributed by atoms with E-state index in [0.717, 1.165) is 19.1 Å². The minimum Gasteiger partial charge on any atom is -0.381 e. The van der Waals surface area contributed by atoms with Gasteiger partial charge in [0.1, 0.15) is 0 Å². The quantitative estimate of drug-likeness (QED) is 0.556. The molecule has 2 saturated heterocycles. The molecule has 4 nitrogen and oxygen atoms in total. The summed E-state index contributed by atoms with van der Waals surface area (Å²) in [4.78, 5) is 2.71. The summed E-state index contributed by atoms with van der Waals surface area (Å²) in [7, 11) is 0. The average molecular weight is 283 g/mol. The second-order valence-electron chi connectivity index (χ2n) is 6.52. The lowest BCUT2D eigenvalue weighted by molar-refractivity contribution is 0.0260. The lowest BCUT2D eigenvalue weighted by atomic mass is 9.77. The maximum atomic E-state index is 5.99. The number of hydrogen-bond acceptors (Lipinski definition) is 4. The third-order valence-corrected chi connectivity index (χ3v) is 5.72. The fourth-order valence-electron chi connectivity index (χ4n) is 4.33. The maximum Gasteiger partial charge on any atom is 0.0468 e. The molecule has 2 aliphatic rings. The Morgan fingerprint density at radius 2 is 1.80 bits per heavy atom. The standard InChI is InChI=1S/C16H33N3O/c1-3-16(4-2,19-9-5-6-10-19)15(18-17)13-14-7-11-20-12-8-14/h14-15,18H,3-13,17H2,1-2H3. The van der Waals surface area contributed by atoms with Gasteiger partial charge in [-0.05, 0) is 64.0 Å². The molecule has 2 rings (SSSR count). The van der Waals surface area contributed by atoms with Crippen molar-refractivity contribution >= 4 is 0 Å². The van der Waals surface area contributed by atoms with Crippen LogP contribution in [-0.4, -0.2) is 42.8 Å². The van der Waals surface area contributed by atoms with E-state index in [-0.39, 0.29) is 5.54 Å². The van der Waals surface area contributed by atoms with Crippen LogP contribution in [0.25, 0.3) is 0 Å². The van der Waals surface area contributed by atoms with E-state index in [1.807, 2.05) is 0 Å². The van der Waals surface area contributed by atoms with Crippen LogP contribution in [0.15, 0.2) is 0 Å². The molecule has 0 amide bonds. The van der Waals surface area contributed by atoms with E-state index in [0.29, 0.717) is 6.04 Å². The fraction of sp³-hybridized carbons (Fsp3) is 1.00. The van der Waals surface area contributed by atoms with Crippen LogP contribution in [0.1, 0.15) is 58.8 Å². The smallest absolute Gasteiger partial charge is 0.0468 e. The van der Waals surface area contributed by atoms with Gasteiger partial charge in [0.15, 0.2) is 0 Å². The molecular formula is C16H33N3O. The van der Waals surface area contributed by atoms with Crippen molar-refractivity contribution in [3.05, 3.63) is 0 Å². The molecular weight excluding hydrogens is 250 g/mol. The van der Waals surface area contributed by atoms with Crippen LogP contribution >= 0.6 is 0 Å². The van der Waals surface area contributed by atoms with Crippen molar-refractivity contribution < 1.29 is 4.74 Å². The number of ether oxygens (including phenoxy) is 1. The van der Waals surface area contributed by atoms with Crippen molar-refractivity contribution in [1.29, 1.82) is 0 Å². The second-order valence-corrected chi connectivity index (χ2v) is 6.52. The third-order valence-electron chi connectivity index (χ3n) is 5.72. The summed E-state index contributed by atoms with van der Waals surface area (Å²) in [6, 6.07) is 0.402. The molecule has 2 aliphatic heterocycles. The van der Waals surface area contributed by atoms with Gasteiger partial charge in [-0.1, -0.05) is 13.8 Å². The van der Waals surface area contributed by atoms with Crippen molar-refractivity contribution in [2.24, 2.45) is 11.8 Å². The van der Waals surface area contributed by atoms with Crippen LogP contribution < -0.4 is 11.3 Å². The Labute approximate surface area is 124 Å². The molecule has 4 heteroatoms. The Bertz CT molecular complexity index is 269. The number of hydrazine groups is 1. The first-order chi connectivity index (χ1) is 9.76. The number of nitrogens with two attached hydrogens (primary N) is 1. The third kappa shape index (κ3) is 3.35. The molecule has 118 valence electrons. The molecule has 2 fully saturated rings. The van der Waals surface area contributed by atoms with E-state index >= 15 is 0 Å². The first kappa shape index (κ1) is 16.2. The van der Waals surface area contributed by atoms with Crippen LogP contribution in [0.4, 0.5) is 0 Å². The summed E-state index contributed by atoms with van der Waals surface area (Å²) >= 11 is 0. The zero-order valence-electron chi connectivity index (χ0n) is 13.4. The highest BCUT2D eigenvalue weighted by atomic mass is 16.5. The van der Waals surface area contributed by atoms with Crippen molar-refractivity contribution in [3.63, 3.8) is 0 Å². The summed E-state index contributed by atoms with van der Waals surface area (Å²) in [5.41, 5.74) is 3.43. The molecule has 0 aliphatic carbocycles. The number of rotatable bonds is 7. The van der Waals surface area contributed by atoms with Crippen LogP contribution in [0, 0.1) is 5.92 Å². The Morgan fingerprint density at radius 1 is 1.20 bits per heavy atom. The molecule has 0 bridgehead atoms. The Hall–Kier alpha value is -0.160. The zero-order chi connectivity index (χ0) is 14.4. The molecule has 0 aromatic rings. The SMILES string of the molecule is CCC(CC)(C(CC1CCOCC1)NN)N1CCCC1. The maximum absolute atomic E-state index is 5.99. The van der Waals surface area contributed by atoms with E-state index in [1.54, 1.807) is 0 Å². The van der Waals surface area contributed by atoms with Crippen LogP contribution in [0.5, 0.6) is 0 Å². The molecule has 0 radical (unpaired) electrons. The van der Waals surface area contributed by atoms with E-state index in [9.17, 15) is 0 Å². The van der Waals surface area contributed by atoms with Gasteiger partial charge >= 0.3 is 0 Å². The van der Waals surface area contributed by atoms with Crippen molar-refractivity contribution in [2.75, 3.05) is 26.3 Å². The minimum absolute atomic E-state index is 0.240. The molecule has 1 unspecified atom stereocenters. The first-order valence-corrected chi connectivity index (χ1v) is 8.55. The van der Waals surface area contributed by atoms with Crippen molar-refractivity contribution in [3.8, 4) is 0 Å². The summed E-state index contributed by atoms with van der Waals surface area (Å²) < 4.78 is 5.49. The number of nitrogens with zero attached hydrogens (tertiary/aromatic N) is 1. The highest BCUT2D eigenvalue weighted by molar-refractivity contribution is 5.00. The van der Waals surface area contributed by atoms with Gasteiger partial charge in [-0.15, -0.1) is 0 Å². The number of hydrogen-bond donors (Lipinski definition) is 2. The fourth-order valence-corrected chi connectivity index (χ4v) is 4.33. The topological polar surface area (TPSA) is 50.5 Å². The molecule has 1 atom stereocenters. The van der Waals surface area contributed by atoms with Gasteiger partial charge in [0, 0.05) is 24.8 Å². The van der Waals surface area contributed by atoms with Gasteiger partial charge in [0.2, 0.25) is 0 Å². The lowest BCUT2D eigenvalue weighted by Gasteiger charge is -2.47. The molecule has 20 heavy (non-hydrogen) atoms. The number of likely N-dealkylation sites (tertiary alicyclic amines) is 1. The number of nitrogens with one attached hydrogen (secondary N) is 1. The molecule has 0 aromatic carbocycles. The van der Waals surface area contributed by atoms with E-state index in [4.69, 9.17) is 10.6 Å². The van der Waals surface area contributed by atoms with E-state index in [1.165, 1.54) is 58.0 Å². The lowest BCUT2D eigenvalue weighted by Crippen LogP contribution is -2.62. The van der Waals surface area contributed by atoms with Gasteiger partial charge in [-0.25, -0.2) is 0 Å². The molecule has 0 saturated carbocycles. The van der Waals surface area contributed by atoms with E-state index in [2.05, 4.69) is 24.2 Å². The normalized spacial score (nSPS) is 24.1. The summed E-state index contributed by atoms with van der Waals surface area (Å²) in [5.74, 6) is 6.76. The molecule has 0 aromatic heterocycles. The predicted octanol–water partition coefficient (Wildman–Crippen LogP) is 2.29. The van der Waals surface area contributed by atoms with Crippen LogP contribution in [0.2, 0.25) is 0 Å². The van der Waals surface area contributed by atoms with Crippen molar-refractivity contribution in [1.82, 2.24) is 10.3 Å².